The smallest absolute Gasteiger partial charge is 0.271 e. The molecule has 104 valence electrons. The van der Waals surface area contributed by atoms with Crippen LogP contribution in [0, 0.1) is 15.5 Å². The number of benzene rings is 1. The molecule has 0 saturated heterocycles. The van der Waals surface area contributed by atoms with E-state index in [9.17, 15) is 10.1 Å². The second-order valence-corrected chi connectivity index (χ2v) is 6.26. The monoisotopic (exact) mass is 282 g/mol. The summed E-state index contributed by atoms with van der Waals surface area (Å²) in [5.41, 5.74) is 0.919. The summed E-state index contributed by atoms with van der Waals surface area (Å²) in [6, 6.07) is 4.84. The van der Waals surface area contributed by atoms with Crippen LogP contribution in [-0.2, 0) is 0 Å². The van der Waals surface area contributed by atoms with Crippen molar-refractivity contribution in [2.45, 2.75) is 45.6 Å². The van der Waals surface area contributed by atoms with E-state index in [1.807, 2.05) is 0 Å². The molecule has 0 spiro atoms. The van der Waals surface area contributed by atoms with Gasteiger partial charge in [0.25, 0.3) is 5.69 Å². The first-order valence-electron chi connectivity index (χ1n) is 6.60. The van der Waals surface area contributed by atoms with Gasteiger partial charge in [-0.05, 0) is 24.3 Å². The molecule has 1 N–H and O–H groups in total. The van der Waals surface area contributed by atoms with Crippen molar-refractivity contribution in [3.63, 3.8) is 0 Å². The average molecular weight is 283 g/mol. The van der Waals surface area contributed by atoms with Crippen molar-refractivity contribution >= 4 is 23.0 Å². The second kappa shape index (κ2) is 5.37. The number of anilines is 1. The van der Waals surface area contributed by atoms with Crippen LogP contribution in [0.25, 0.3) is 0 Å². The molecule has 0 aromatic heterocycles. The van der Waals surface area contributed by atoms with E-state index in [2.05, 4.69) is 19.2 Å². The van der Waals surface area contributed by atoms with Gasteiger partial charge in [0.2, 0.25) is 0 Å². The Morgan fingerprint density at radius 1 is 1.42 bits per heavy atom. The van der Waals surface area contributed by atoms with E-state index in [0.717, 1.165) is 12.8 Å². The van der Waals surface area contributed by atoms with Gasteiger partial charge in [0.1, 0.15) is 0 Å². The number of nitro groups is 1. The van der Waals surface area contributed by atoms with Crippen LogP contribution in [0.3, 0.4) is 0 Å². The SMILES string of the molecule is CC1(C)CCCCC1Nc1cc([N+](=O)[O-])ccc1Cl. The van der Waals surface area contributed by atoms with Crippen LogP contribution in [0.4, 0.5) is 11.4 Å². The summed E-state index contributed by atoms with van der Waals surface area (Å²) < 4.78 is 0. The summed E-state index contributed by atoms with van der Waals surface area (Å²) in [5.74, 6) is 0. The maximum Gasteiger partial charge on any atom is 0.271 e. The van der Waals surface area contributed by atoms with Crippen LogP contribution >= 0.6 is 11.6 Å². The lowest BCUT2D eigenvalue weighted by Crippen LogP contribution is -2.38. The third-order valence-corrected chi connectivity index (χ3v) is 4.33. The zero-order valence-electron chi connectivity index (χ0n) is 11.3. The summed E-state index contributed by atoms with van der Waals surface area (Å²) in [6.45, 7) is 4.46. The summed E-state index contributed by atoms with van der Waals surface area (Å²) >= 11 is 6.13. The molecule has 1 saturated carbocycles. The van der Waals surface area contributed by atoms with Crippen LogP contribution in [-0.4, -0.2) is 11.0 Å². The van der Waals surface area contributed by atoms with E-state index in [0.29, 0.717) is 16.8 Å². The maximum atomic E-state index is 10.8. The summed E-state index contributed by atoms with van der Waals surface area (Å²) in [6.07, 6.45) is 4.67. The molecule has 1 aromatic rings. The zero-order chi connectivity index (χ0) is 14.0. The molecule has 0 radical (unpaired) electrons. The number of nitrogens with one attached hydrogen (secondary N) is 1. The third kappa shape index (κ3) is 3.18. The molecule has 5 heteroatoms. The molecule has 1 atom stereocenters. The van der Waals surface area contributed by atoms with Gasteiger partial charge in [0.15, 0.2) is 0 Å². The standard InChI is InChI=1S/C14H19ClN2O2/c1-14(2)8-4-3-5-13(14)16-12-9-10(17(18)19)6-7-11(12)15/h6-7,9,13,16H,3-5,8H2,1-2H3. The Morgan fingerprint density at radius 3 is 2.79 bits per heavy atom. The summed E-state index contributed by atoms with van der Waals surface area (Å²) in [7, 11) is 0. The minimum atomic E-state index is -0.395. The highest BCUT2D eigenvalue weighted by Gasteiger charge is 2.32. The molecular formula is C14H19ClN2O2. The van der Waals surface area contributed by atoms with E-state index >= 15 is 0 Å². The minimum Gasteiger partial charge on any atom is -0.380 e. The lowest BCUT2D eigenvalue weighted by Gasteiger charge is -2.39. The summed E-state index contributed by atoms with van der Waals surface area (Å²) in [4.78, 5) is 10.4. The molecule has 1 aromatic carbocycles. The fourth-order valence-corrected chi connectivity index (χ4v) is 2.86. The molecule has 1 unspecified atom stereocenters. The van der Waals surface area contributed by atoms with E-state index in [-0.39, 0.29) is 11.1 Å². The first kappa shape index (κ1) is 14.1. The number of nitro benzene ring substituents is 1. The van der Waals surface area contributed by atoms with Crippen LogP contribution in [0.1, 0.15) is 39.5 Å². The molecule has 0 heterocycles. The quantitative estimate of drug-likeness (QED) is 0.649. The number of nitrogens with zero attached hydrogens (tertiary/aromatic N) is 1. The lowest BCUT2D eigenvalue weighted by molar-refractivity contribution is -0.384. The van der Waals surface area contributed by atoms with E-state index in [4.69, 9.17) is 11.6 Å². The molecular weight excluding hydrogens is 264 g/mol. The molecule has 0 aliphatic heterocycles. The van der Waals surface area contributed by atoms with Crippen LogP contribution in [0.15, 0.2) is 18.2 Å². The lowest BCUT2D eigenvalue weighted by atomic mass is 9.73. The molecule has 1 fully saturated rings. The highest BCUT2D eigenvalue weighted by atomic mass is 35.5. The number of hydrogen-bond donors (Lipinski definition) is 1. The van der Waals surface area contributed by atoms with Crippen molar-refractivity contribution in [3.05, 3.63) is 33.3 Å². The van der Waals surface area contributed by atoms with Crippen molar-refractivity contribution in [1.82, 2.24) is 0 Å². The largest absolute Gasteiger partial charge is 0.380 e. The Kier molecular flexibility index (Phi) is 3.99. The number of rotatable bonds is 3. The molecule has 0 amide bonds. The van der Waals surface area contributed by atoms with Gasteiger partial charge in [-0.15, -0.1) is 0 Å². The van der Waals surface area contributed by atoms with Gasteiger partial charge in [-0.1, -0.05) is 38.3 Å². The van der Waals surface area contributed by atoms with Crippen molar-refractivity contribution in [2.75, 3.05) is 5.32 Å². The zero-order valence-corrected chi connectivity index (χ0v) is 12.0. The van der Waals surface area contributed by atoms with Crippen LogP contribution < -0.4 is 5.32 Å². The first-order valence-corrected chi connectivity index (χ1v) is 6.98. The molecule has 4 nitrogen and oxygen atoms in total. The Hall–Kier alpha value is -1.29. The molecule has 1 aliphatic carbocycles. The van der Waals surface area contributed by atoms with Crippen molar-refractivity contribution in [2.24, 2.45) is 5.41 Å². The van der Waals surface area contributed by atoms with Gasteiger partial charge in [-0.25, -0.2) is 0 Å². The van der Waals surface area contributed by atoms with E-state index in [1.54, 1.807) is 6.07 Å². The highest BCUT2D eigenvalue weighted by Crippen LogP contribution is 2.38. The topological polar surface area (TPSA) is 55.2 Å². The Labute approximate surface area is 118 Å². The van der Waals surface area contributed by atoms with Gasteiger partial charge in [0, 0.05) is 18.2 Å². The first-order chi connectivity index (χ1) is 8.90. The highest BCUT2D eigenvalue weighted by molar-refractivity contribution is 6.33. The van der Waals surface area contributed by atoms with Crippen molar-refractivity contribution in [1.29, 1.82) is 0 Å². The van der Waals surface area contributed by atoms with Gasteiger partial charge < -0.3 is 5.32 Å². The molecule has 19 heavy (non-hydrogen) atoms. The van der Waals surface area contributed by atoms with E-state index in [1.165, 1.54) is 25.0 Å². The predicted octanol–water partition coefficient (Wildman–Crippen LogP) is 4.63. The Bertz CT molecular complexity index is 488. The fourth-order valence-electron chi connectivity index (χ4n) is 2.69. The van der Waals surface area contributed by atoms with E-state index < -0.39 is 4.92 Å². The normalized spacial score (nSPS) is 21.9. The van der Waals surface area contributed by atoms with Crippen LogP contribution in [0.2, 0.25) is 5.02 Å². The molecule has 2 rings (SSSR count). The van der Waals surface area contributed by atoms with Gasteiger partial charge >= 0.3 is 0 Å². The Morgan fingerprint density at radius 2 is 2.16 bits per heavy atom. The fraction of sp³-hybridized carbons (Fsp3) is 0.571. The number of halogens is 1. The second-order valence-electron chi connectivity index (χ2n) is 5.85. The minimum absolute atomic E-state index is 0.0699. The number of hydrogen-bond acceptors (Lipinski definition) is 3. The summed E-state index contributed by atoms with van der Waals surface area (Å²) in [5, 5.41) is 14.8. The average Bonchev–Trinajstić information content (AvgIpc) is 2.34. The van der Waals surface area contributed by atoms with Gasteiger partial charge in [-0.3, -0.25) is 10.1 Å². The predicted molar refractivity (Wildman–Crippen MR) is 77.8 cm³/mol. The number of non-ortho nitro benzene ring substituents is 1. The Balaban J connectivity index is 2.22. The van der Waals surface area contributed by atoms with Crippen molar-refractivity contribution < 1.29 is 4.92 Å². The van der Waals surface area contributed by atoms with Crippen molar-refractivity contribution in [3.8, 4) is 0 Å². The van der Waals surface area contributed by atoms with Crippen LogP contribution in [0.5, 0.6) is 0 Å². The molecule has 0 bridgehead atoms. The molecule has 1 aliphatic rings. The maximum absolute atomic E-state index is 10.8. The van der Waals surface area contributed by atoms with Gasteiger partial charge in [-0.2, -0.15) is 0 Å². The van der Waals surface area contributed by atoms with Gasteiger partial charge in [0.05, 0.1) is 15.6 Å². The third-order valence-electron chi connectivity index (χ3n) is 4.00.